The van der Waals surface area contributed by atoms with Crippen LogP contribution in [-0.2, 0) is 0 Å². The first-order chi connectivity index (χ1) is 9.61. The second-order valence-electron chi connectivity index (χ2n) is 4.26. The number of halogens is 1. The summed E-state index contributed by atoms with van der Waals surface area (Å²) in [5.41, 5.74) is 10.2. The maximum absolute atomic E-state index is 12.2. The molecule has 2 aromatic carbocycles. The summed E-state index contributed by atoms with van der Waals surface area (Å²) in [4.78, 5) is 16.4. The molecule has 3 rings (SSSR count). The molecule has 0 aliphatic rings. The van der Waals surface area contributed by atoms with Crippen molar-refractivity contribution in [1.82, 2.24) is 4.98 Å². The quantitative estimate of drug-likeness (QED) is 0.691. The first-order valence-corrected chi connectivity index (χ1v) is 7.50. The minimum absolute atomic E-state index is 0.193. The van der Waals surface area contributed by atoms with Crippen LogP contribution in [0.1, 0.15) is 10.4 Å². The first-order valence-electron chi connectivity index (χ1n) is 5.82. The van der Waals surface area contributed by atoms with Gasteiger partial charge in [-0.3, -0.25) is 4.79 Å². The number of carbonyl (C=O) groups excluding carboxylic acids is 1. The lowest BCUT2D eigenvalue weighted by molar-refractivity contribution is 0.102. The van der Waals surface area contributed by atoms with E-state index in [-0.39, 0.29) is 5.91 Å². The van der Waals surface area contributed by atoms with Gasteiger partial charge in [-0.1, -0.05) is 15.9 Å². The Morgan fingerprint density at radius 3 is 2.90 bits per heavy atom. The summed E-state index contributed by atoms with van der Waals surface area (Å²) in [5, 5.41) is 2.86. The predicted octanol–water partition coefficient (Wildman–Crippen LogP) is 3.89. The summed E-state index contributed by atoms with van der Waals surface area (Å²) in [6, 6.07) is 10.8. The highest BCUT2D eigenvalue weighted by Gasteiger charge is 2.08. The molecule has 1 aromatic heterocycles. The zero-order chi connectivity index (χ0) is 14.1. The maximum Gasteiger partial charge on any atom is 0.255 e. The second-order valence-corrected chi connectivity index (χ2v) is 6.06. The summed E-state index contributed by atoms with van der Waals surface area (Å²) >= 11 is 4.87. The van der Waals surface area contributed by atoms with Crippen molar-refractivity contribution < 1.29 is 4.79 Å². The summed E-state index contributed by atoms with van der Waals surface area (Å²) in [6.07, 6.45) is 0. The van der Waals surface area contributed by atoms with Gasteiger partial charge >= 0.3 is 0 Å². The zero-order valence-corrected chi connectivity index (χ0v) is 12.7. The lowest BCUT2D eigenvalue weighted by Gasteiger charge is -2.06. The molecule has 100 valence electrons. The third-order valence-corrected chi connectivity index (χ3v) is 4.02. The van der Waals surface area contributed by atoms with Crippen LogP contribution < -0.4 is 11.1 Å². The molecule has 3 N–H and O–H groups in total. The van der Waals surface area contributed by atoms with Crippen molar-refractivity contribution >= 4 is 54.8 Å². The van der Waals surface area contributed by atoms with E-state index in [1.807, 2.05) is 18.2 Å². The number of nitrogens with zero attached hydrogens (tertiary/aromatic N) is 1. The van der Waals surface area contributed by atoms with E-state index in [2.05, 4.69) is 26.2 Å². The number of thiazole rings is 1. The minimum atomic E-state index is -0.193. The van der Waals surface area contributed by atoms with Crippen molar-refractivity contribution in [2.24, 2.45) is 0 Å². The summed E-state index contributed by atoms with van der Waals surface area (Å²) < 4.78 is 1.82. The lowest BCUT2D eigenvalue weighted by atomic mass is 10.2. The Kier molecular flexibility index (Phi) is 3.42. The molecule has 0 bridgehead atoms. The molecule has 1 amide bonds. The SMILES string of the molecule is Nc1cc(Br)cc(C(=O)Nc2ccc3ncsc3c2)c1. The fourth-order valence-electron chi connectivity index (χ4n) is 1.88. The van der Waals surface area contributed by atoms with E-state index in [1.165, 1.54) is 11.3 Å². The van der Waals surface area contributed by atoms with Gasteiger partial charge in [0, 0.05) is 21.4 Å². The van der Waals surface area contributed by atoms with Crippen LogP contribution in [0.25, 0.3) is 10.2 Å². The average molecular weight is 348 g/mol. The van der Waals surface area contributed by atoms with Crippen LogP contribution in [0, 0.1) is 0 Å². The van der Waals surface area contributed by atoms with Gasteiger partial charge in [-0.15, -0.1) is 11.3 Å². The van der Waals surface area contributed by atoms with Crippen molar-refractivity contribution in [2.75, 3.05) is 11.1 Å². The van der Waals surface area contributed by atoms with E-state index in [0.717, 1.165) is 20.4 Å². The Bertz CT molecular complexity index is 780. The highest BCUT2D eigenvalue weighted by molar-refractivity contribution is 9.10. The predicted molar refractivity (Wildman–Crippen MR) is 86.1 cm³/mol. The Labute approximate surface area is 127 Å². The van der Waals surface area contributed by atoms with Crippen molar-refractivity contribution in [3.63, 3.8) is 0 Å². The standard InChI is InChI=1S/C14H10BrN3OS/c15-9-3-8(4-10(16)5-9)14(19)18-11-1-2-12-13(6-11)20-7-17-12/h1-7H,16H2,(H,18,19). The number of amides is 1. The van der Waals surface area contributed by atoms with E-state index in [4.69, 9.17) is 5.73 Å². The third kappa shape index (κ3) is 2.66. The summed E-state index contributed by atoms with van der Waals surface area (Å²) in [6.45, 7) is 0. The molecule has 1 heterocycles. The van der Waals surface area contributed by atoms with E-state index >= 15 is 0 Å². The van der Waals surface area contributed by atoms with E-state index < -0.39 is 0 Å². The number of fused-ring (bicyclic) bond motifs is 1. The molecule has 3 aromatic rings. The van der Waals surface area contributed by atoms with Crippen LogP contribution in [0.3, 0.4) is 0 Å². The van der Waals surface area contributed by atoms with Gasteiger partial charge in [-0.25, -0.2) is 4.98 Å². The Morgan fingerprint density at radius 2 is 2.10 bits per heavy atom. The largest absolute Gasteiger partial charge is 0.399 e. The Hall–Kier alpha value is -1.92. The van der Waals surface area contributed by atoms with Crippen LogP contribution in [0.4, 0.5) is 11.4 Å². The molecule has 6 heteroatoms. The summed E-state index contributed by atoms with van der Waals surface area (Å²) in [5.74, 6) is -0.193. The van der Waals surface area contributed by atoms with Crippen LogP contribution in [-0.4, -0.2) is 10.9 Å². The van der Waals surface area contributed by atoms with Gasteiger partial charge < -0.3 is 11.1 Å². The van der Waals surface area contributed by atoms with E-state index in [1.54, 1.807) is 23.7 Å². The number of nitrogen functional groups attached to an aromatic ring is 1. The van der Waals surface area contributed by atoms with Crippen LogP contribution in [0.5, 0.6) is 0 Å². The van der Waals surface area contributed by atoms with Gasteiger partial charge in [0.15, 0.2) is 0 Å². The highest BCUT2D eigenvalue weighted by atomic mass is 79.9. The topological polar surface area (TPSA) is 68.0 Å². The number of hydrogen-bond donors (Lipinski definition) is 2. The molecular weight excluding hydrogens is 338 g/mol. The molecular formula is C14H10BrN3OS. The molecule has 0 aliphatic heterocycles. The average Bonchev–Trinajstić information content (AvgIpc) is 2.85. The number of benzene rings is 2. The molecule has 0 atom stereocenters. The van der Waals surface area contributed by atoms with Gasteiger partial charge in [0.25, 0.3) is 5.91 Å². The van der Waals surface area contributed by atoms with Crippen molar-refractivity contribution in [2.45, 2.75) is 0 Å². The summed E-state index contributed by atoms with van der Waals surface area (Å²) in [7, 11) is 0. The molecule has 0 aliphatic carbocycles. The van der Waals surface area contributed by atoms with Gasteiger partial charge in [0.05, 0.1) is 15.7 Å². The molecule has 0 saturated heterocycles. The van der Waals surface area contributed by atoms with E-state index in [9.17, 15) is 4.79 Å². The third-order valence-electron chi connectivity index (χ3n) is 2.77. The van der Waals surface area contributed by atoms with Crippen LogP contribution in [0.2, 0.25) is 0 Å². The lowest BCUT2D eigenvalue weighted by Crippen LogP contribution is -2.12. The van der Waals surface area contributed by atoms with E-state index in [0.29, 0.717) is 11.3 Å². The molecule has 20 heavy (non-hydrogen) atoms. The van der Waals surface area contributed by atoms with Gasteiger partial charge in [0.1, 0.15) is 0 Å². The Morgan fingerprint density at radius 1 is 1.25 bits per heavy atom. The zero-order valence-electron chi connectivity index (χ0n) is 10.3. The maximum atomic E-state index is 12.2. The Balaban J connectivity index is 1.87. The highest BCUT2D eigenvalue weighted by Crippen LogP contribution is 2.23. The monoisotopic (exact) mass is 347 g/mol. The molecule has 0 saturated carbocycles. The number of rotatable bonds is 2. The molecule has 0 fully saturated rings. The molecule has 0 unspecified atom stereocenters. The second kappa shape index (κ2) is 5.22. The fraction of sp³-hybridized carbons (Fsp3) is 0. The fourth-order valence-corrected chi connectivity index (χ4v) is 3.11. The number of anilines is 2. The number of nitrogens with two attached hydrogens (primary N) is 1. The van der Waals surface area contributed by atoms with Crippen LogP contribution >= 0.6 is 27.3 Å². The minimum Gasteiger partial charge on any atom is -0.399 e. The van der Waals surface area contributed by atoms with Crippen LogP contribution in [0.15, 0.2) is 46.4 Å². The smallest absolute Gasteiger partial charge is 0.255 e. The number of aromatic nitrogens is 1. The first kappa shape index (κ1) is 13.1. The molecule has 0 radical (unpaired) electrons. The molecule has 4 nitrogen and oxygen atoms in total. The normalized spacial score (nSPS) is 10.7. The van der Waals surface area contributed by atoms with Crippen molar-refractivity contribution in [3.05, 3.63) is 51.9 Å². The number of hydrogen-bond acceptors (Lipinski definition) is 4. The van der Waals surface area contributed by atoms with Gasteiger partial charge in [-0.2, -0.15) is 0 Å². The number of carbonyl (C=O) groups is 1. The van der Waals surface area contributed by atoms with Gasteiger partial charge in [0.2, 0.25) is 0 Å². The van der Waals surface area contributed by atoms with Crippen molar-refractivity contribution in [3.8, 4) is 0 Å². The van der Waals surface area contributed by atoms with Gasteiger partial charge in [-0.05, 0) is 36.4 Å². The van der Waals surface area contributed by atoms with Crippen molar-refractivity contribution in [1.29, 1.82) is 0 Å². The molecule has 0 spiro atoms. The number of nitrogens with one attached hydrogen (secondary N) is 1.